The Morgan fingerprint density at radius 2 is 2.18 bits per heavy atom. The van der Waals surface area contributed by atoms with Gasteiger partial charge in [-0.1, -0.05) is 36.8 Å². The summed E-state index contributed by atoms with van der Waals surface area (Å²) >= 11 is 0. The minimum atomic E-state index is 0.483. The first kappa shape index (κ1) is 16.8. The molecule has 5 nitrogen and oxygen atoms in total. The molecule has 0 aliphatic carbocycles. The summed E-state index contributed by atoms with van der Waals surface area (Å²) in [4.78, 5) is 7.03. The second-order valence-corrected chi connectivity index (χ2v) is 5.75. The minimum Gasteiger partial charge on any atom is -0.383 e. The summed E-state index contributed by atoms with van der Waals surface area (Å²) in [5, 5.41) is 3.07. The zero-order valence-electron chi connectivity index (χ0n) is 13.5. The van der Waals surface area contributed by atoms with Crippen LogP contribution in [0.1, 0.15) is 24.8 Å². The van der Waals surface area contributed by atoms with Crippen molar-refractivity contribution in [2.45, 2.75) is 31.8 Å². The maximum absolute atomic E-state index is 5.89. The average molecular weight is 304 g/mol. The topological polar surface area (TPSA) is 62.9 Å². The van der Waals surface area contributed by atoms with Gasteiger partial charge in [-0.2, -0.15) is 0 Å². The summed E-state index contributed by atoms with van der Waals surface area (Å²) in [7, 11) is 1.68. The van der Waals surface area contributed by atoms with Crippen molar-refractivity contribution in [2.24, 2.45) is 10.7 Å². The second kappa shape index (κ2) is 9.43. The lowest BCUT2D eigenvalue weighted by Crippen LogP contribution is -2.42. The van der Waals surface area contributed by atoms with Gasteiger partial charge in [0.2, 0.25) is 0 Å². The molecule has 1 saturated heterocycles. The summed E-state index contributed by atoms with van der Waals surface area (Å²) < 4.78 is 4.99. The Kier molecular flexibility index (Phi) is 7.19. The molecule has 2 rings (SSSR count). The monoisotopic (exact) mass is 304 g/mol. The van der Waals surface area contributed by atoms with Gasteiger partial charge in [-0.25, -0.2) is 0 Å². The fourth-order valence-corrected chi connectivity index (χ4v) is 2.83. The normalized spacial score (nSPS) is 20.0. The number of benzene rings is 1. The van der Waals surface area contributed by atoms with Gasteiger partial charge in [0.1, 0.15) is 0 Å². The van der Waals surface area contributed by atoms with Crippen molar-refractivity contribution in [2.75, 3.05) is 33.4 Å². The lowest BCUT2D eigenvalue weighted by molar-refractivity contribution is 0.145. The highest BCUT2D eigenvalue weighted by atomic mass is 16.5. The second-order valence-electron chi connectivity index (χ2n) is 5.75. The van der Waals surface area contributed by atoms with Crippen molar-refractivity contribution >= 4 is 5.96 Å². The van der Waals surface area contributed by atoms with E-state index in [4.69, 9.17) is 10.5 Å². The third kappa shape index (κ3) is 5.66. The third-order valence-electron chi connectivity index (χ3n) is 4.06. The largest absolute Gasteiger partial charge is 0.383 e. The Bertz CT molecular complexity index is 449. The van der Waals surface area contributed by atoms with Gasteiger partial charge < -0.3 is 15.8 Å². The van der Waals surface area contributed by atoms with Crippen LogP contribution in [0.15, 0.2) is 35.3 Å². The lowest BCUT2D eigenvalue weighted by atomic mass is 10.0. The number of aliphatic imine (C=N–C) groups is 1. The minimum absolute atomic E-state index is 0.483. The predicted octanol–water partition coefficient (Wildman–Crippen LogP) is 1.59. The van der Waals surface area contributed by atoms with Gasteiger partial charge in [-0.05, 0) is 24.9 Å². The van der Waals surface area contributed by atoms with Crippen LogP contribution >= 0.6 is 0 Å². The van der Waals surface area contributed by atoms with Gasteiger partial charge >= 0.3 is 0 Å². The zero-order chi connectivity index (χ0) is 15.6. The first-order valence-corrected chi connectivity index (χ1v) is 8.10. The summed E-state index contributed by atoms with van der Waals surface area (Å²) in [6, 6.07) is 11.1. The number of guanidine groups is 1. The van der Waals surface area contributed by atoms with Crippen molar-refractivity contribution in [3.05, 3.63) is 35.9 Å². The molecule has 0 bridgehead atoms. The standard InChI is InChI=1S/C17H28N4O/c1-22-12-10-19-17(18)20-13-16-9-5-6-11-21(16)14-15-7-3-2-4-8-15/h2-4,7-8,16H,5-6,9-14H2,1H3,(H3,18,19,20). The molecule has 1 aliphatic heterocycles. The molecule has 3 N–H and O–H groups in total. The quantitative estimate of drug-likeness (QED) is 0.456. The smallest absolute Gasteiger partial charge is 0.188 e. The van der Waals surface area contributed by atoms with Crippen LogP contribution in [0.25, 0.3) is 0 Å². The number of nitrogens with two attached hydrogens (primary N) is 1. The molecular formula is C17H28N4O. The van der Waals surface area contributed by atoms with Gasteiger partial charge in [0.05, 0.1) is 13.2 Å². The number of nitrogens with one attached hydrogen (secondary N) is 1. The molecule has 1 aromatic rings. The number of ether oxygens (including phenoxy) is 1. The molecule has 1 aromatic carbocycles. The van der Waals surface area contributed by atoms with Crippen molar-refractivity contribution in [3.8, 4) is 0 Å². The SMILES string of the molecule is COCCNC(N)=NCC1CCCCN1Cc1ccccc1. The number of rotatable bonds is 7. The number of methoxy groups -OCH3 is 1. The fourth-order valence-electron chi connectivity index (χ4n) is 2.83. The molecule has 1 aliphatic rings. The number of likely N-dealkylation sites (tertiary alicyclic amines) is 1. The highest BCUT2D eigenvalue weighted by Gasteiger charge is 2.22. The third-order valence-corrected chi connectivity index (χ3v) is 4.06. The van der Waals surface area contributed by atoms with Crippen LogP contribution in [0.2, 0.25) is 0 Å². The first-order valence-electron chi connectivity index (χ1n) is 8.10. The lowest BCUT2D eigenvalue weighted by Gasteiger charge is -2.35. The van der Waals surface area contributed by atoms with Crippen LogP contribution in [0.5, 0.6) is 0 Å². The Hall–Kier alpha value is -1.59. The molecule has 0 amide bonds. The predicted molar refractivity (Wildman–Crippen MR) is 90.9 cm³/mol. The maximum atomic E-state index is 5.89. The van der Waals surface area contributed by atoms with E-state index < -0.39 is 0 Å². The Labute approximate surface area is 133 Å². The number of nitrogens with zero attached hydrogens (tertiary/aromatic N) is 2. The van der Waals surface area contributed by atoms with Crippen LogP contribution in [0.3, 0.4) is 0 Å². The average Bonchev–Trinajstić information content (AvgIpc) is 2.55. The molecule has 0 spiro atoms. The zero-order valence-corrected chi connectivity index (χ0v) is 13.5. The van der Waals surface area contributed by atoms with E-state index in [9.17, 15) is 0 Å². The van der Waals surface area contributed by atoms with Crippen LogP contribution in [0.4, 0.5) is 0 Å². The summed E-state index contributed by atoms with van der Waals surface area (Å²) in [5.41, 5.74) is 7.26. The molecule has 1 atom stereocenters. The molecule has 5 heteroatoms. The number of hydrogen-bond donors (Lipinski definition) is 2. The van der Waals surface area contributed by atoms with E-state index >= 15 is 0 Å². The van der Waals surface area contributed by atoms with Crippen LogP contribution in [0, 0.1) is 0 Å². The van der Waals surface area contributed by atoms with E-state index in [2.05, 4.69) is 45.5 Å². The van der Waals surface area contributed by atoms with Crippen LogP contribution < -0.4 is 11.1 Å². The molecule has 1 fully saturated rings. The van der Waals surface area contributed by atoms with E-state index in [1.54, 1.807) is 7.11 Å². The molecule has 122 valence electrons. The molecule has 0 saturated carbocycles. The fraction of sp³-hybridized carbons (Fsp3) is 0.588. The molecule has 1 heterocycles. The van der Waals surface area contributed by atoms with E-state index in [0.29, 0.717) is 25.2 Å². The van der Waals surface area contributed by atoms with Crippen LogP contribution in [-0.2, 0) is 11.3 Å². The molecule has 0 radical (unpaired) electrons. The van der Waals surface area contributed by atoms with E-state index in [1.807, 2.05) is 0 Å². The van der Waals surface area contributed by atoms with Gasteiger partial charge in [0, 0.05) is 26.2 Å². The Morgan fingerprint density at radius 1 is 1.36 bits per heavy atom. The Balaban J connectivity index is 1.85. The summed E-state index contributed by atoms with van der Waals surface area (Å²) in [6.45, 7) is 4.24. The van der Waals surface area contributed by atoms with E-state index in [0.717, 1.165) is 19.6 Å². The summed E-state index contributed by atoms with van der Waals surface area (Å²) in [5.74, 6) is 0.516. The maximum Gasteiger partial charge on any atom is 0.188 e. The van der Waals surface area contributed by atoms with Crippen molar-refractivity contribution in [3.63, 3.8) is 0 Å². The van der Waals surface area contributed by atoms with Gasteiger partial charge in [0.25, 0.3) is 0 Å². The van der Waals surface area contributed by atoms with E-state index in [1.165, 1.54) is 24.8 Å². The molecule has 1 unspecified atom stereocenters. The van der Waals surface area contributed by atoms with Crippen molar-refractivity contribution < 1.29 is 4.74 Å². The van der Waals surface area contributed by atoms with Gasteiger partial charge in [0.15, 0.2) is 5.96 Å². The first-order chi connectivity index (χ1) is 10.8. The van der Waals surface area contributed by atoms with Crippen LogP contribution in [-0.4, -0.2) is 50.3 Å². The number of hydrogen-bond acceptors (Lipinski definition) is 3. The van der Waals surface area contributed by atoms with E-state index in [-0.39, 0.29) is 0 Å². The highest BCUT2D eigenvalue weighted by molar-refractivity contribution is 5.77. The highest BCUT2D eigenvalue weighted by Crippen LogP contribution is 2.19. The van der Waals surface area contributed by atoms with Crippen molar-refractivity contribution in [1.82, 2.24) is 10.2 Å². The molecule has 22 heavy (non-hydrogen) atoms. The Morgan fingerprint density at radius 3 is 2.95 bits per heavy atom. The van der Waals surface area contributed by atoms with Gasteiger partial charge in [-0.3, -0.25) is 9.89 Å². The number of piperidine rings is 1. The van der Waals surface area contributed by atoms with Crippen molar-refractivity contribution in [1.29, 1.82) is 0 Å². The van der Waals surface area contributed by atoms with Gasteiger partial charge in [-0.15, -0.1) is 0 Å². The summed E-state index contributed by atoms with van der Waals surface area (Å²) in [6.07, 6.45) is 3.75. The molecule has 0 aromatic heterocycles. The molecular weight excluding hydrogens is 276 g/mol.